The van der Waals surface area contributed by atoms with Crippen molar-refractivity contribution in [3.05, 3.63) is 11.6 Å². The van der Waals surface area contributed by atoms with Crippen LogP contribution in [0.1, 0.15) is 6.92 Å². The molecule has 0 saturated heterocycles. The van der Waals surface area contributed by atoms with E-state index in [1.54, 1.807) is 0 Å². The highest BCUT2D eigenvalue weighted by Crippen LogP contribution is 2.25. The molecular formula is C6H5F3O3. The number of allylic oxidation sites excluding steroid dienone is 1. The minimum Gasteiger partial charge on any atom is -0.392 e. The predicted molar refractivity (Wildman–Crippen MR) is 32.0 cm³/mol. The van der Waals surface area contributed by atoms with Gasteiger partial charge in [-0.15, -0.1) is 0 Å². The number of carbonyl (C=O) groups excluding carboxylic acids is 2. The van der Waals surface area contributed by atoms with E-state index in [-0.39, 0.29) is 6.47 Å². The second kappa shape index (κ2) is 3.89. The second-order valence-electron chi connectivity index (χ2n) is 1.70. The van der Waals surface area contributed by atoms with E-state index in [0.29, 0.717) is 6.08 Å². The van der Waals surface area contributed by atoms with Crippen molar-refractivity contribution < 1.29 is 27.5 Å². The van der Waals surface area contributed by atoms with Crippen molar-refractivity contribution in [3.63, 3.8) is 0 Å². The van der Waals surface area contributed by atoms with Crippen LogP contribution in [0.3, 0.4) is 0 Å². The van der Waals surface area contributed by atoms with Crippen molar-refractivity contribution in [2.24, 2.45) is 0 Å². The van der Waals surface area contributed by atoms with Crippen LogP contribution in [-0.2, 0) is 14.3 Å². The van der Waals surface area contributed by atoms with Gasteiger partial charge in [-0.25, -0.2) is 4.79 Å². The summed E-state index contributed by atoms with van der Waals surface area (Å²) in [5, 5.41) is 0. The van der Waals surface area contributed by atoms with E-state index < -0.39 is 17.7 Å². The Labute approximate surface area is 65.8 Å². The maximum Gasteiger partial charge on any atom is 0.423 e. The van der Waals surface area contributed by atoms with Gasteiger partial charge >= 0.3 is 18.6 Å². The van der Waals surface area contributed by atoms with E-state index in [1.165, 1.54) is 0 Å². The molecule has 0 atom stereocenters. The molecule has 0 N–H and O–H groups in total. The zero-order valence-corrected chi connectivity index (χ0v) is 6.01. The van der Waals surface area contributed by atoms with Crippen LogP contribution in [0.2, 0.25) is 0 Å². The maximum atomic E-state index is 11.8. The standard InChI is InChI=1S/C6H5F3O3/c1-2-4(6(7,8)9)5(11)12-3-10/h2-3H,1H3/b4-2+. The highest BCUT2D eigenvalue weighted by molar-refractivity contribution is 5.93. The molecule has 6 heteroatoms. The molecule has 0 fully saturated rings. The van der Waals surface area contributed by atoms with Crippen LogP contribution >= 0.6 is 0 Å². The average molecular weight is 182 g/mol. The summed E-state index contributed by atoms with van der Waals surface area (Å²) >= 11 is 0. The smallest absolute Gasteiger partial charge is 0.392 e. The monoisotopic (exact) mass is 182 g/mol. The fourth-order valence-electron chi connectivity index (χ4n) is 0.504. The van der Waals surface area contributed by atoms with Gasteiger partial charge in [0.2, 0.25) is 0 Å². The first-order valence-electron chi connectivity index (χ1n) is 2.81. The summed E-state index contributed by atoms with van der Waals surface area (Å²) in [6, 6.07) is 0. The zero-order valence-electron chi connectivity index (χ0n) is 6.01. The molecule has 0 aromatic heterocycles. The van der Waals surface area contributed by atoms with Crippen LogP contribution in [0.5, 0.6) is 0 Å². The summed E-state index contributed by atoms with van der Waals surface area (Å²) < 4.78 is 38.9. The van der Waals surface area contributed by atoms with E-state index in [0.717, 1.165) is 6.92 Å². The third kappa shape index (κ3) is 2.73. The van der Waals surface area contributed by atoms with Crippen molar-refractivity contribution >= 4 is 12.4 Å². The van der Waals surface area contributed by atoms with Crippen molar-refractivity contribution in [2.45, 2.75) is 13.1 Å². The highest BCUT2D eigenvalue weighted by atomic mass is 19.4. The number of halogens is 3. The quantitative estimate of drug-likeness (QED) is 0.279. The topological polar surface area (TPSA) is 43.4 Å². The third-order valence-corrected chi connectivity index (χ3v) is 0.969. The molecule has 0 aromatic carbocycles. The average Bonchev–Trinajstić information content (AvgIpc) is 1.85. The first kappa shape index (κ1) is 10.7. The van der Waals surface area contributed by atoms with Crippen molar-refractivity contribution in [2.75, 3.05) is 0 Å². The molecule has 12 heavy (non-hydrogen) atoms. The molecule has 0 aliphatic heterocycles. The second-order valence-corrected chi connectivity index (χ2v) is 1.70. The summed E-state index contributed by atoms with van der Waals surface area (Å²) in [7, 11) is 0. The Hall–Kier alpha value is -1.33. The molecule has 0 aromatic rings. The molecule has 0 heterocycles. The zero-order chi connectivity index (χ0) is 9.78. The predicted octanol–water partition coefficient (Wildman–Crippen LogP) is 1.19. The number of ether oxygens (including phenoxy) is 1. The van der Waals surface area contributed by atoms with Crippen LogP contribution in [0, 0.1) is 0 Å². The lowest BCUT2D eigenvalue weighted by molar-refractivity contribution is -0.155. The van der Waals surface area contributed by atoms with Crippen LogP contribution in [0.4, 0.5) is 13.2 Å². The number of alkyl halides is 3. The molecule has 0 aliphatic rings. The van der Waals surface area contributed by atoms with Crippen LogP contribution in [0.25, 0.3) is 0 Å². The summed E-state index contributed by atoms with van der Waals surface area (Å²) in [6.45, 7) is 0.673. The fourth-order valence-corrected chi connectivity index (χ4v) is 0.504. The molecule has 0 rings (SSSR count). The molecule has 0 aliphatic carbocycles. The molecule has 0 amide bonds. The lowest BCUT2D eigenvalue weighted by atomic mass is 10.2. The van der Waals surface area contributed by atoms with E-state index in [4.69, 9.17) is 0 Å². The highest BCUT2D eigenvalue weighted by Gasteiger charge is 2.39. The van der Waals surface area contributed by atoms with Gasteiger partial charge in [0.1, 0.15) is 5.57 Å². The Morgan fingerprint density at radius 3 is 2.17 bits per heavy atom. The summed E-state index contributed by atoms with van der Waals surface area (Å²) in [5.74, 6) is -1.69. The van der Waals surface area contributed by atoms with Gasteiger partial charge in [0.05, 0.1) is 0 Å². The van der Waals surface area contributed by atoms with Crippen molar-refractivity contribution in [3.8, 4) is 0 Å². The first-order chi connectivity index (χ1) is 5.43. The molecule has 0 spiro atoms. The Morgan fingerprint density at radius 1 is 1.42 bits per heavy atom. The van der Waals surface area contributed by atoms with Gasteiger partial charge in [0.15, 0.2) is 0 Å². The number of carbonyl (C=O) groups is 2. The van der Waals surface area contributed by atoms with Crippen LogP contribution < -0.4 is 0 Å². The SMILES string of the molecule is C/C=C(\C(=O)OC=O)C(F)(F)F. The summed E-state index contributed by atoms with van der Waals surface area (Å²) in [4.78, 5) is 19.9. The Bertz CT molecular complexity index is 217. The van der Waals surface area contributed by atoms with Gasteiger partial charge < -0.3 is 4.74 Å². The lowest BCUT2D eigenvalue weighted by Gasteiger charge is -2.06. The van der Waals surface area contributed by atoms with Gasteiger partial charge in [-0.1, -0.05) is 6.08 Å². The summed E-state index contributed by atoms with van der Waals surface area (Å²) in [5.41, 5.74) is -1.49. The minimum atomic E-state index is -4.78. The number of esters is 1. The Balaban J connectivity index is 4.60. The fraction of sp³-hybridized carbons (Fsp3) is 0.333. The van der Waals surface area contributed by atoms with Gasteiger partial charge in [0.25, 0.3) is 0 Å². The van der Waals surface area contributed by atoms with Crippen molar-refractivity contribution in [1.82, 2.24) is 0 Å². The Morgan fingerprint density at radius 2 is 1.92 bits per heavy atom. The number of rotatable bonds is 2. The molecular weight excluding hydrogens is 177 g/mol. The van der Waals surface area contributed by atoms with Gasteiger partial charge in [-0.05, 0) is 6.92 Å². The van der Waals surface area contributed by atoms with E-state index in [2.05, 4.69) is 4.74 Å². The van der Waals surface area contributed by atoms with E-state index in [1.807, 2.05) is 0 Å². The van der Waals surface area contributed by atoms with Crippen LogP contribution in [0.15, 0.2) is 11.6 Å². The number of hydrogen-bond donors (Lipinski definition) is 0. The van der Waals surface area contributed by atoms with Crippen molar-refractivity contribution in [1.29, 1.82) is 0 Å². The molecule has 0 saturated carbocycles. The molecule has 0 radical (unpaired) electrons. The normalized spacial score (nSPS) is 12.5. The maximum absolute atomic E-state index is 11.8. The molecule has 68 valence electrons. The first-order valence-corrected chi connectivity index (χ1v) is 2.81. The van der Waals surface area contributed by atoms with Gasteiger partial charge in [0, 0.05) is 0 Å². The lowest BCUT2D eigenvalue weighted by Crippen LogP contribution is -2.21. The minimum absolute atomic E-state index is 0.350. The van der Waals surface area contributed by atoms with Crippen LogP contribution in [-0.4, -0.2) is 18.6 Å². The molecule has 0 bridgehead atoms. The van der Waals surface area contributed by atoms with Gasteiger partial charge in [-0.2, -0.15) is 13.2 Å². The number of hydrogen-bond acceptors (Lipinski definition) is 3. The van der Waals surface area contributed by atoms with Gasteiger partial charge in [-0.3, -0.25) is 4.79 Å². The van der Waals surface area contributed by atoms with E-state index >= 15 is 0 Å². The summed E-state index contributed by atoms with van der Waals surface area (Å²) in [6.07, 6.45) is -4.25. The largest absolute Gasteiger partial charge is 0.423 e. The van der Waals surface area contributed by atoms with E-state index in [9.17, 15) is 22.8 Å². The molecule has 3 nitrogen and oxygen atoms in total. The molecule has 0 unspecified atom stereocenters. The Kier molecular flexibility index (Phi) is 3.46. The third-order valence-electron chi connectivity index (χ3n) is 0.969.